The molecular weight excluding hydrogens is 312 g/mol. The lowest BCUT2D eigenvalue weighted by molar-refractivity contribution is -0.346. The zero-order valence-electron chi connectivity index (χ0n) is 13.6. The van der Waals surface area contributed by atoms with E-state index in [1.807, 2.05) is 0 Å². The van der Waals surface area contributed by atoms with Gasteiger partial charge >= 0.3 is 5.79 Å². The topological polar surface area (TPSA) is 74.2 Å². The highest BCUT2D eigenvalue weighted by atomic mass is 16.8. The van der Waals surface area contributed by atoms with E-state index in [0.717, 1.165) is 0 Å². The molecule has 126 valence electrons. The second-order valence-corrected chi connectivity index (χ2v) is 5.33. The smallest absolute Gasteiger partial charge is 0.304 e. The van der Waals surface area contributed by atoms with Crippen LogP contribution in [0.4, 0.5) is 0 Å². The molecule has 0 bridgehead atoms. The summed E-state index contributed by atoms with van der Waals surface area (Å²) < 4.78 is 21.9. The fourth-order valence-corrected chi connectivity index (χ4v) is 2.89. The zero-order valence-corrected chi connectivity index (χ0v) is 13.6. The van der Waals surface area contributed by atoms with Crippen LogP contribution in [-0.2, 0) is 15.3 Å². The number of methoxy groups -OCH3 is 3. The summed E-state index contributed by atoms with van der Waals surface area (Å²) >= 11 is 0. The maximum absolute atomic E-state index is 12.9. The van der Waals surface area contributed by atoms with Gasteiger partial charge in [-0.25, -0.2) is 0 Å². The molecule has 0 saturated heterocycles. The molecule has 0 radical (unpaired) electrons. The second-order valence-electron chi connectivity index (χ2n) is 5.33. The highest BCUT2D eigenvalue weighted by molar-refractivity contribution is 6.05. The number of aliphatic hydroxyl groups is 1. The minimum Gasteiger partial charge on any atom is -0.497 e. The number of hydrogen-bond donors (Lipinski definition) is 1. The summed E-state index contributed by atoms with van der Waals surface area (Å²) in [5.41, 5.74) is 0.627. The van der Waals surface area contributed by atoms with E-state index in [4.69, 9.17) is 18.9 Å². The van der Waals surface area contributed by atoms with Crippen molar-refractivity contribution in [2.24, 2.45) is 0 Å². The van der Waals surface area contributed by atoms with Crippen molar-refractivity contribution in [3.63, 3.8) is 0 Å². The second kappa shape index (κ2) is 5.90. The first-order valence-corrected chi connectivity index (χ1v) is 7.32. The van der Waals surface area contributed by atoms with Crippen molar-refractivity contribution in [2.45, 2.75) is 11.6 Å². The molecule has 0 aliphatic carbocycles. The summed E-state index contributed by atoms with van der Waals surface area (Å²) in [6.07, 6.45) is 0. The molecule has 1 aliphatic heterocycles. The van der Waals surface area contributed by atoms with Crippen LogP contribution in [-0.4, -0.2) is 38.0 Å². The van der Waals surface area contributed by atoms with Crippen molar-refractivity contribution in [1.82, 2.24) is 0 Å². The van der Waals surface area contributed by atoms with Crippen LogP contribution in [0.1, 0.15) is 15.9 Å². The average Bonchev–Trinajstić information content (AvgIpc) is 2.64. The molecule has 0 aromatic heterocycles. The Bertz CT molecular complexity index is 759. The van der Waals surface area contributed by atoms with Crippen molar-refractivity contribution in [2.75, 3.05) is 21.3 Å². The predicted octanol–water partition coefficient (Wildman–Crippen LogP) is 2.10. The summed E-state index contributed by atoms with van der Waals surface area (Å²) in [5, 5.41) is 11.0. The third kappa shape index (κ3) is 2.11. The van der Waals surface area contributed by atoms with Crippen LogP contribution >= 0.6 is 0 Å². The predicted molar refractivity (Wildman–Crippen MR) is 85.0 cm³/mol. The van der Waals surface area contributed by atoms with Gasteiger partial charge in [-0.1, -0.05) is 30.3 Å². The van der Waals surface area contributed by atoms with Crippen molar-refractivity contribution in [1.29, 1.82) is 0 Å². The number of benzene rings is 2. The quantitative estimate of drug-likeness (QED) is 0.866. The van der Waals surface area contributed by atoms with Crippen molar-refractivity contribution < 1.29 is 28.8 Å². The first-order chi connectivity index (χ1) is 11.5. The maximum atomic E-state index is 12.9. The van der Waals surface area contributed by atoms with E-state index in [-0.39, 0.29) is 11.3 Å². The third-order valence-corrected chi connectivity index (χ3v) is 4.18. The summed E-state index contributed by atoms with van der Waals surface area (Å²) in [6.45, 7) is 0. The van der Waals surface area contributed by atoms with Crippen LogP contribution in [0.5, 0.6) is 11.5 Å². The van der Waals surface area contributed by atoms with Crippen LogP contribution in [0.2, 0.25) is 0 Å². The lowest BCUT2D eigenvalue weighted by Gasteiger charge is -2.46. The Kier molecular flexibility index (Phi) is 4.04. The fraction of sp³-hybridized carbons (Fsp3) is 0.278. The molecule has 1 heterocycles. The van der Waals surface area contributed by atoms with Crippen molar-refractivity contribution >= 4 is 5.78 Å². The van der Waals surface area contributed by atoms with Gasteiger partial charge in [-0.05, 0) is 12.1 Å². The van der Waals surface area contributed by atoms with Crippen molar-refractivity contribution in [3.05, 3.63) is 59.7 Å². The van der Waals surface area contributed by atoms with Crippen LogP contribution < -0.4 is 9.47 Å². The van der Waals surface area contributed by atoms with E-state index >= 15 is 0 Å². The van der Waals surface area contributed by atoms with Gasteiger partial charge in [-0.2, -0.15) is 0 Å². The van der Waals surface area contributed by atoms with Gasteiger partial charge in [-0.15, -0.1) is 0 Å². The first kappa shape index (κ1) is 16.4. The molecule has 0 saturated carbocycles. The highest BCUT2D eigenvalue weighted by Crippen LogP contribution is 2.47. The number of carbonyl (C=O) groups is 1. The molecule has 6 nitrogen and oxygen atoms in total. The zero-order chi connectivity index (χ0) is 17.4. The maximum Gasteiger partial charge on any atom is 0.304 e. The molecule has 0 amide bonds. The van der Waals surface area contributed by atoms with E-state index in [2.05, 4.69) is 0 Å². The minimum atomic E-state index is -2.34. The van der Waals surface area contributed by atoms with Gasteiger partial charge in [0.15, 0.2) is 0 Å². The first-order valence-electron chi connectivity index (χ1n) is 7.32. The van der Waals surface area contributed by atoms with Gasteiger partial charge < -0.3 is 24.1 Å². The standard InChI is InChI=1S/C18H18O6/c1-21-13-9-10-14-15(11-13)24-18(23-3,12-7-5-4-6-8-12)17(20,22-2)16(14)19/h4-11,20H,1-3H3/t17-,18+/m0/s1. The molecule has 0 spiro atoms. The minimum absolute atomic E-state index is 0.184. The van der Waals surface area contributed by atoms with Gasteiger partial charge in [0.25, 0.3) is 5.79 Å². The van der Waals surface area contributed by atoms with Gasteiger partial charge in [0.05, 0.1) is 12.7 Å². The van der Waals surface area contributed by atoms with E-state index in [0.29, 0.717) is 11.3 Å². The van der Waals surface area contributed by atoms with E-state index in [1.54, 1.807) is 42.5 Å². The Morgan fingerprint density at radius 3 is 2.29 bits per heavy atom. The molecule has 24 heavy (non-hydrogen) atoms. The van der Waals surface area contributed by atoms with E-state index < -0.39 is 17.4 Å². The summed E-state index contributed by atoms with van der Waals surface area (Å²) in [7, 11) is 4.08. The van der Waals surface area contributed by atoms with Crippen LogP contribution in [0.25, 0.3) is 0 Å². The third-order valence-electron chi connectivity index (χ3n) is 4.18. The lowest BCUT2D eigenvalue weighted by atomic mass is 9.86. The number of fused-ring (bicyclic) bond motifs is 1. The van der Waals surface area contributed by atoms with Crippen LogP contribution in [0.15, 0.2) is 48.5 Å². The molecule has 2 aromatic carbocycles. The van der Waals surface area contributed by atoms with Crippen molar-refractivity contribution in [3.8, 4) is 11.5 Å². The molecule has 2 aromatic rings. The van der Waals surface area contributed by atoms with E-state index in [1.165, 1.54) is 27.4 Å². The van der Waals surface area contributed by atoms with Crippen LogP contribution in [0.3, 0.4) is 0 Å². The normalized spacial score (nSPS) is 25.8. The fourth-order valence-electron chi connectivity index (χ4n) is 2.89. The largest absolute Gasteiger partial charge is 0.497 e. The number of rotatable bonds is 4. The Hall–Kier alpha value is -2.41. The SMILES string of the molecule is COc1ccc2c(c1)O[C@](OC)(c1ccccc1)[C@@](O)(OC)C2=O. The summed E-state index contributed by atoms with van der Waals surface area (Å²) in [5.74, 6) is -4.08. The number of hydrogen-bond acceptors (Lipinski definition) is 6. The summed E-state index contributed by atoms with van der Waals surface area (Å²) in [6, 6.07) is 13.4. The van der Waals surface area contributed by atoms with Crippen LogP contribution in [0, 0.1) is 0 Å². The number of carbonyl (C=O) groups excluding carboxylic acids is 1. The molecule has 1 N–H and O–H groups in total. The Labute approximate surface area is 139 Å². The molecule has 1 aliphatic rings. The van der Waals surface area contributed by atoms with Gasteiger partial charge in [-0.3, -0.25) is 4.79 Å². The van der Waals surface area contributed by atoms with Gasteiger partial charge in [0.2, 0.25) is 5.78 Å². The highest BCUT2D eigenvalue weighted by Gasteiger charge is 2.64. The Balaban J connectivity index is 2.26. The molecule has 3 rings (SSSR count). The number of ether oxygens (including phenoxy) is 4. The molecule has 2 atom stereocenters. The molecular formula is C18H18O6. The number of ketones is 1. The van der Waals surface area contributed by atoms with E-state index in [9.17, 15) is 9.90 Å². The monoisotopic (exact) mass is 330 g/mol. The Morgan fingerprint density at radius 2 is 1.71 bits per heavy atom. The number of Topliss-reactive ketones (excluding diaryl/α,β-unsaturated/α-hetero) is 1. The molecule has 0 unspecified atom stereocenters. The molecule has 0 fully saturated rings. The van der Waals surface area contributed by atoms with Gasteiger partial charge in [0.1, 0.15) is 11.5 Å². The Morgan fingerprint density at radius 1 is 1.00 bits per heavy atom. The van der Waals surface area contributed by atoms with Gasteiger partial charge in [0, 0.05) is 25.8 Å². The lowest BCUT2D eigenvalue weighted by Crippen LogP contribution is -2.64. The molecule has 6 heteroatoms. The summed E-state index contributed by atoms with van der Waals surface area (Å²) in [4.78, 5) is 12.9. The average molecular weight is 330 g/mol.